The van der Waals surface area contributed by atoms with E-state index >= 15 is 0 Å². The van der Waals surface area contributed by atoms with Crippen molar-refractivity contribution < 1.29 is 9.53 Å². The zero-order chi connectivity index (χ0) is 16.2. The van der Waals surface area contributed by atoms with Gasteiger partial charge in [0.1, 0.15) is 5.01 Å². The zero-order valence-corrected chi connectivity index (χ0v) is 14.8. The number of aromatic nitrogens is 1. The lowest BCUT2D eigenvalue weighted by Gasteiger charge is -2.35. The number of rotatable bonds is 5. The number of morpholine rings is 1. The Morgan fingerprint density at radius 3 is 3.26 bits per heavy atom. The first-order valence-electron chi connectivity index (χ1n) is 8.44. The lowest BCUT2D eigenvalue weighted by molar-refractivity contribution is -0.0460. The van der Waals surface area contributed by atoms with Crippen LogP contribution in [0, 0.1) is 0 Å². The molecule has 2 saturated heterocycles. The van der Waals surface area contributed by atoms with Crippen LogP contribution < -0.4 is 5.32 Å². The number of aryl methyl sites for hydroxylation is 1. The SMILES string of the molecule is CCc1cnc(CN(C)C(=O)NC[C@H]2CN3CCC[C@@H]3CO2)s1. The van der Waals surface area contributed by atoms with Gasteiger partial charge in [0.15, 0.2) is 0 Å². The van der Waals surface area contributed by atoms with Gasteiger partial charge in [-0.15, -0.1) is 11.3 Å². The fourth-order valence-corrected chi connectivity index (χ4v) is 4.12. The number of hydrogen-bond acceptors (Lipinski definition) is 5. The van der Waals surface area contributed by atoms with Gasteiger partial charge < -0.3 is 15.0 Å². The van der Waals surface area contributed by atoms with Crippen LogP contribution in [-0.2, 0) is 17.7 Å². The molecule has 0 saturated carbocycles. The number of carbonyl (C=O) groups is 1. The molecule has 0 aromatic carbocycles. The van der Waals surface area contributed by atoms with Crippen LogP contribution in [0.15, 0.2) is 6.20 Å². The number of urea groups is 1. The lowest BCUT2D eigenvalue weighted by atomic mass is 10.2. The van der Waals surface area contributed by atoms with E-state index in [2.05, 4.69) is 22.1 Å². The van der Waals surface area contributed by atoms with Crippen molar-refractivity contribution in [1.82, 2.24) is 20.1 Å². The molecule has 1 N–H and O–H groups in total. The van der Waals surface area contributed by atoms with Crippen LogP contribution in [0.3, 0.4) is 0 Å². The molecule has 0 aliphatic carbocycles. The van der Waals surface area contributed by atoms with Crippen molar-refractivity contribution in [2.45, 2.75) is 44.9 Å². The number of thiazole rings is 1. The lowest BCUT2D eigenvalue weighted by Crippen LogP contribution is -2.51. The third-order valence-corrected chi connectivity index (χ3v) is 5.74. The maximum atomic E-state index is 12.2. The average Bonchev–Trinajstić information content (AvgIpc) is 3.20. The Bertz CT molecular complexity index is 536. The first-order valence-corrected chi connectivity index (χ1v) is 9.25. The van der Waals surface area contributed by atoms with Gasteiger partial charge in [-0.1, -0.05) is 6.92 Å². The normalized spacial score (nSPS) is 24.4. The van der Waals surface area contributed by atoms with Crippen LogP contribution in [-0.4, -0.2) is 66.2 Å². The van der Waals surface area contributed by atoms with Gasteiger partial charge >= 0.3 is 6.03 Å². The summed E-state index contributed by atoms with van der Waals surface area (Å²) in [7, 11) is 1.81. The minimum absolute atomic E-state index is 0.0645. The molecule has 2 amide bonds. The van der Waals surface area contributed by atoms with Gasteiger partial charge in [-0.25, -0.2) is 9.78 Å². The molecule has 0 unspecified atom stereocenters. The summed E-state index contributed by atoms with van der Waals surface area (Å²) in [6, 6.07) is 0.535. The Morgan fingerprint density at radius 1 is 1.61 bits per heavy atom. The predicted octanol–water partition coefficient (Wildman–Crippen LogP) is 1.71. The molecule has 2 aliphatic rings. The van der Waals surface area contributed by atoms with Crippen molar-refractivity contribution in [3.05, 3.63) is 16.1 Å². The molecule has 1 aromatic rings. The van der Waals surface area contributed by atoms with E-state index in [-0.39, 0.29) is 12.1 Å². The maximum Gasteiger partial charge on any atom is 0.317 e. The van der Waals surface area contributed by atoms with E-state index in [1.807, 2.05) is 6.20 Å². The standard InChI is InChI=1S/C16H26N4O2S/c1-3-14-8-17-15(23-14)10-19(2)16(21)18-7-13-9-20-6-4-5-12(20)11-22-13/h8,12-13H,3-7,9-11H2,1-2H3,(H,18,21)/t12-,13+/m1/s1. The summed E-state index contributed by atoms with van der Waals surface area (Å²) in [6.45, 7) is 6.14. The molecule has 6 nitrogen and oxygen atoms in total. The number of ether oxygens (including phenoxy) is 1. The van der Waals surface area contributed by atoms with Gasteiger partial charge in [-0.05, 0) is 25.8 Å². The number of nitrogens with zero attached hydrogens (tertiary/aromatic N) is 3. The average molecular weight is 338 g/mol. The van der Waals surface area contributed by atoms with Gasteiger partial charge in [-0.3, -0.25) is 4.90 Å². The highest BCUT2D eigenvalue weighted by atomic mass is 32.1. The van der Waals surface area contributed by atoms with Gasteiger partial charge in [0.2, 0.25) is 0 Å². The second kappa shape index (κ2) is 7.59. The molecule has 7 heteroatoms. The molecule has 2 fully saturated rings. The molecule has 2 aliphatic heterocycles. The third kappa shape index (κ3) is 4.22. The van der Waals surface area contributed by atoms with E-state index in [4.69, 9.17) is 4.74 Å². The van der Waals surface area contributed by atoms with Crippen molar-refractivity contribution in [3.8, 4) is 0 Å². The largest absolute Gasteiger partial charge is 0.373 e. The third-order valence-electron chi connectivity index (χ3n) is 4.61. The van der Waals surface area contributed by atoms with E-state index in [9.17, 15) is 4.79 Å². The van der Waals surface area contributed by atoms with Gasteiger partial charge in [0.25, 0.3) is 0 Å². The monoisotopic (exact) mass is 338 g/mol. The summed E-state index contributed by atoms with van der Waals surface area (Å²) in [5.41, 5.74) is 0. The molecule has 0 radical (unpaired) electrons. The van der Waals surface area contributed by atoms with Crippen LogP contribution in [0.25, 0.3) is 0 Å². The quantitative estimate of drug-likeness (QED) is 0.888. The Balaban J connectivity index is 1.41. The molecule has 3 heterocycles. The molecule has 128 valence electrons. The molecular weight excluding hydrogens is 312 g/mol. The van der Waals surface area contributed by atoms with E-state index in [0.717, 1.165) is 24.6 Å². The van der Waals surface area contributed by atoms with Crippen molar-refractivity contribution in [1.29, 1.82) is 0 Å². The zero-order valence-electron chi connectivity index (χ0n) is 14.0. The summed E-state index contributed by atoms with van der Waals surface area (Å²) in [5, 5.41) is 3.97. The molecule has 23 heavy (non-hydrogen) atoms. The summed E-state index contributed by atoms with van der Waals surface area (Å²) >= 11 is 1.67. The highest BCUT2D eigenvalue weighted by Gasteiger charge is 2.32. The molecular formula is C16H26N4O2S. The summed E-state index contributed by atoms with van der Waals surface area (Å²) in [5.74, 6) is 0. The fourth-order valence-electron chi connectivity index (χ4n) is 3.20. The van der Waals surface area contributed by atoms with Gasteiger partial charge in [-0.2, -0.15) is 0 Å². The maximum absolute atomic E-state index is 12.2. The Kier molecular flexibility index (Phi) is 5.50. The first-order chi connectivity index (χ1) is 11.2. The molecule has 0 bridgehead atoms. The van der Waals surface area contributed by atoms with Crippen LogP contribution in [0.4, 0.5) is 4.79 Å². The summed E-state index contributed by atoms with van der Waals surface area (Å²) < 4.78 is 5.87. The topological polar surface area (TPSA) is 57.7 Å². The Hall–Kier alpha value is -1.18. The molecule has 2 atom stereocenters. The number of hydrogen-bond donors (Lipinski definition) is 1. The smallest absolute Gasteiger partial charge is 0.317 e. The number of nitrogens with one attached hydrogen (secondary N) is 1. The fraction of sp³-hybridized carbons (Fsp3) is 0.750. The second-order valence-corrected chi connectivity index (χ2v) is 7.56. The van der Waals surface area contributed by atoms with E-state index in [0.29, 0.717) is 19.1 Å². The molecule has 0 spiro atoms. The molecule has 3 rings (SSSR count). The number of carbonyl (C=O) groups excluding carboxylic acids is 1. The summed E-state index contributed by atoms with van der Waals surface area (Å²) in [6.07, 6.45) is 5.50. The predicted molar refractivity (Wildman–Crippen MR) is 90.7 cm³/mol. The number of fused-ring (bicyclic) bond motifs is 1. The number of amides is 2. The van der Waals surface area contributed by atoms with Gasteiger partial charge in [0, 0.05) is 37.3 Å². The summed E-state index contributed by atoms with van der Waals surface area (Å²) in [4.78, 5) is 22.0. The Morgan fingerprint density at radius 2 is 2.48 bits per heavy atom. The van der Waals surface area contributed by atoms with E-state index in [1.54, 1.807) is 23.3 Å². The van der Waals surface area contributed by atoms with Crippen LogP contribution in [0.5, 0.6) is 0 Å². The van der Waals surface area contributed by atoms with Crippen molar-refractivity contribution in [2.75, 3.05) is 33.3 Å². The van der Waals surface area contributed by atoms with Crippen LogP contribution in [0.1, 0.15) is 29.7 Å². The van der Waals surface area contributed by atoms with Crippen LogP contribution >= 0.6 is 11.3 Å². The van der Waals surface area contributed by atoms with Crippen molar-refractivity contribution >= 4 is 17.4 Å². The highest BCUT2D eigenvalue weighted by molar-refractivity contribution is 7.11. The first kappa shape index (κ1) is 16.7. The van der Waals surface area contributed by atoms with E-state index < -0.39 is 0 Å². The molecule has 1 aromatic heterocycles. The van der Waals surface area contributed by atoms with Crippen LogP contribution in [0.2, 0.25) is 0 Å². The minimum atomic E-state index is -0.0645. The van der Waals surface area contributed by atoms with Crippen molar-refractivity contribution in [2.24, 2.45) is 0 Å². The van der Waals surface area contributed by atoms with Crippen molar-refractivity contribution in [3.63, 3.8) is 0 Å². The minimum Gasteiger partial charge on any atom is -0.373 e. The highest BCUT2D eigenvalue weighted by Crippen LogP contribution is 2.22. The Labute approximate surface area is 141 Å². The second-order valence-electron chi connectivity index (χ2n) is 6.36. The van der Waals surface area contributed by atoms with Gasteiger partial charge in [0.05, 0.1) is 19.3 Å². The van der Waals surface area contributed by atoms with E-state index in [1.165, 1.54) is 24.3 Å².